The van der Waals surface area contributed by atoms with Crippen LogP contribution in [0.1, 0.15) is 53.4 Å². The van der Waals surface area contributed by atoms with Crippen molar-refractivity contribution >= 4 is 41.4 Å². The van der Waals surface area contributed by atoms with Crippen LogP contribution < -0.4 is 43.0 Å². The zero-order valence-corrected chi connectivity index (χ0v) is 63.1. The molecule has 0 saturated carbocycles. The van der Waals surface area contributed by atoms with Crippen LogP contribution in [-0.4, -0.2) is 416 Å². The highest BCUT2D eigenvalue weighted by Crippen LogP contribution is 2.24. The standard InChI is InChI=1S/C66H124N8O35/c1-45(78)49(39-75)107-65(62(90)73-48(4)81)106-38-35-100-30-25-95-20-12-70-54(84)7-16-103-44-66(74-55(85)8-13-91-21-26-96-31-32-97-27-22-92-17-9-67,42-101-14-5-52(82)68-10-18-93-23-28-98-33-36-104-63-56(71-46(2)79)60(88)58(86)50(40-76)108-63)43-102-15-6-53(83)69-11-19-94-24-29-99-34-37-105-64-57(72-47(3)80)61(89)59(87)51(41-77)109-64/h45,49-51,56-65,75-78,86-90H,5-44,67H2,1-4H3,(H,68,82)(H,69,83)(H,70,84)(H,71,79)(H,72,80)(H,73,81)(H,74,85). The van der Waals surface area contributed by atoms with Crippen molar-refractivity contribution in [3.8, 4) is 0 Å². The minimum atomic E-state index is -1.61. The molecule has 2 heterocycles. The maximum atomic E-state index is 13.8. The number of aliphatic hydroxyl groups excluding tert-OH is 9. The molecule has 2 aliphatic rings. The number of nitrogens with two attached hydrogens (primary N) is 1. The van der Waals surface area contributed by atoms with Crippen LogP contribution in [0.5, 0.6) is 0 Å². The lowest BCUT2D eigenvalue weighted by Crippen LogP contribution is -2.64. The first-order valence-electron chi connectivity index (χ1n) is 36.4. The number of carbonyl (C=O) groups is 7. The lowest BCUT2D eigenvalue weighted by molar-refractivity contribution is -0.272. The lowest BCUT2D eigenvalue weighted by atomic mass is 9.97. The van der Waals surface area contributed by atoms with Crippen LogP contribution in [0.2, 0.25) is 0 Å². The number of aliphatic hydroxyl groups is 9. The Labute approximate surface area is 634 Å². The predicted molar refractivity (Wildman–Crippen MR) is 374 cm³/mol. The second-order valence-corrected chi connectivity index (χ2v) is 24.5. The molecule has 43 heteroatoms. The minimum Gasteiger partial charge on any atom is -0.394 e. The van der Waals surface area contributed by atoms with E-state index < -0.39 is 153 Å². The predicted octanol–water partition coefficient (Wildman–Crippen LogP) is -9.60. The quantitative estimate of drug-likeness (QED) is 0.0199. The van der Waals surface area contributed by atoms with Gasteiger partial charge in [0.2, 0.25) is 47.6 Å². The second-order valence-electron chi connectivity index (χ2n) is 24.5. The highest BCUT2D eigenvalue weighted by Gasteiger charge is 2.47. The zero-order chi connectivity index (χ0) is 80.3. The molecule has 7 amide bonds. The Hall–Kier alpha value is -4.87. The molecule has 0 aromatic heterocycles. The summed E-state index contributed by atoms with van der Waals surface area (Å²) in [5, 5.41) is 108. The Morgan fingerprint density at radius 3 is 1.09 bits per heavy atom. The van der Waals surface area contributed by atoms with Gasteiger partial charge in [0.1, 0.15) is 60.4 Å². The molecule has 18 N–H and O–H groups in total. The Bertz CT molecular complexity index is 2290. The maximum absolute atomic E-state index is 13.8. The molecule has 0 bridgehead atoms. The van der Waals surface area contributed by atoms with Gasteiger partial charge in [-0.05, 0) is 6.92 Å². The highest BCUT2D eigenvalue weighted by atomic mass is 16.7. The van der Waals surface area contributed by atoms with Crippen molar-refractivity contribution in [3.05, 3.63) is 0 Å². The first-order valence-corrected chi connectivity index (χ1v) is 36.4. The molecule has 0 aliphatic carbocycles. The molecule has 14 atom stereocenters. The lowest BCUT2D eigenvalue weighted by Gasteiger charge is -2.42. The van der Waals surface area contributed by atoms with Crippen molar-refractivity contribution in [2.75, 3.05) is 238 Å². The third kappa shape index (κ3) is 48.1. The van der Waals surface area contributed by atoms with Gasteiger partial charge in [-0.2, -0.15) is 0 Å². The van der Waals surface area contributed by atoms with Gasteiger partial charge in [-0.3, -0.25) is 33.6 Å². The number of carbonyl (C=O) groups excluding carboxylic acids is 7. The van der Waals surface area contributed by atoms with Gasteiger partial charge in [-0.15, -0.1) is 0 Å². The van der Waals surface area contributed by atoms with Crippen molar-refractivity contribution < 1.29 is 170 Å². The van der Waals surface area contributed by atoms with Crippen LogP contribution in [0.4, 0.5) is 0 Å². The molecule has 2 aliphatic heterocycles. The second kappa shape index (κ2) is 63.5. The van der Waals surface area contributed by atoms with E-state index in [-0.39, 0.29) is 204 Å². The molecule has 0 aromatic carbocycles. The molecule has 0 spiro atoms. The van der Waals surface area contributed by atoms with E-state index in [9.17, 15) is 79.5 Å². The van der Waals surface area contributed by atoms with Gasteiger partial charge < -0.3 is 179 Å². The molecule has 109 heavy (non-hydrogen) atoms. The number of ether oxygens (including phenoxy) is 19. The number of rotatable bonds is 70. The first-order chi connectivity index (χ1) is 52.5. The van der Waals surface area contributed by atoms with Crippen molar-refractivity contribution in [2.45, 2.75) is 145 Å². The van der Waals surface area contributed by atoms with E-state index >= 15 is 0 Å². The van der Waals surface area contributed by atoms with Crippen LogP contribution in [0.25, 0.3) is 0 Å². The molecule has 2 fully saturated rings. The summed E-state index contributed by atoms with van der Waals surface area (Å²) in [5.41, 5.74) is 3.95. The van der Waals surface area contributed by atoms with Crippen molar-refractivity contribution in [3.63, 3.8) is 0 Å². The summed E-state index contributed by atoms with van der Waals surface area (Å²) in [6.07, 6.45) is -16.3. The maximum Gasteiger partial charge on any atom is 0.222 e. The Morgan fingerprint density at radius 1 is 0.422 bits per heavy atom. The first kappa shape index (κ1) is 100. The smallest absolute Gasteiger partial charge is 0.222 e. The van der Waals surface area contributed by atoms with E-state index in [1.807, 2.05) is 0 Å². The normalized spacial score (nSPS) is 21.7. The number of nitrogens with one attached hydrogen (secondary N) is 7. The fraction of sp³-hybridized carbons (Fsp3) is 0.894. The highest BCUT2D eigenvalue weighted by molar-refractivity contribution is 5.78. The number of hydrogen-bond acceptors (Lipinski definition) is 36. The van der Waals surface area contributed by atoms with Gasteiger partial charge in [0.05, 0.1) is 218 Å². The van der Waals surface area contributed by atoms with E-state index in [0.717, 1.165) is 0 Å². The van der Waals surface area contributed by atoms with Crippen LogP contribution in [0.15, 0.2) is 0 Å². The van der Waals surface area contributed by atoms with Crippen molar-refractivity contribution in [1.29, 1.82) is 0 Å². The monoisotopic (exact) mass is 1590 g/mol. The molecular formula is C66H124N8O35. The van der Waals surface area contributed by atoms with Crippen molar-refractivity contribution in [1.82, 2.24) is 37.2 Å². The largest absolute Gasteiger partial charge is 0.394 e. The minimum absolute atomic E-state index is 0.0108. The number of hydrogen-bond donors (Lipinski definition) is 17. The van der Waals surface area contributed by atoms with Crippen LogP contribution in [-0.2, 0) is 124 Å². The summed E-state index contributed by atoms with van der Waals surface area (Å²) < 4.78 is 107. The summed E-state index contributed by atoms with van der Waals surface area (Å²) in [6, 6.07) is -2.21. The molecule has 638 valence electrons. The average Bonchev–Trinajstić information content (AvgIpc) is 0.813. The summed E-state index contributed by atoms with van der Waals surface area (Å²) in [4.78, 5) is 87.6. The van der Waals surface area contributed by atoms with E-state index in [2.05, 4.69) is 37.2 Å². The molecule has 2 saturated heterocycles. The zero-order valence-electron chi connectivity index (χ0n) is 63.1. The van der Waals surface area contributed by atoms with Gasteiger partial charge in [-0.1, -0.05) is 0 Å². The summed E-state index contributed by atoms with van der Waals surface area (Å²) in [7, 11) is 0. The van der Waals surface area contributed by atoms with Gasteiger partial charge in [-0.25, -0.2) is 0 Å². The topological polar surface area (TPSA) is 587 Å². The van der Waals surface area contributed by atoms with Crippen LogP contribution in [0.3, 0.4) is 0 Å². The van der Waals surface area contributed by atoms with Gasteiger partial charge >= 0.3 is 0 Å². The van der Waals surface area contributed by atoms with Gasteiger partial charge in [0.15, 0.2) is 18.8 Å². The third-order valence-corrected chi connectivity index (χ3v) is 15.3. The molecule has 2 rings (SSSR count). The van der Waals surface area contributed by atoms with Crippen molar-refractivity contribution in [2.24, 2.45) is 5.73 Å². The Kier molecular flexibility index (Phi) is 58.4. The van der Waals surface area contributed by atoms with E-state index in [0.29, 0.717) is 39.6 Å². The third-order valence-electron chi connectivity index (χ3n) is 15.3. The molecule has 0 aromatic rings. The molecule has 14 unspecified atom stereocenters. The van der Waals surface area contributed by atoms with E-state index in [1.54, 1.807) is 0 Å². The summed E-state index contributed by atoms with van der Waals surface area (Å²) >= 11 is 0. The fourth-order valence-electron chi connectivity index (χ4n) is 9.78. The average molecular weight is 1590 g/mol. The molecular weight excluding hydrogens is 1460 g/mol. The van der Waals surface area contributed by atoms with Gasteiger partial charge in [0.25, 0.3) is 0 Å². The SMILES string of the molecule is CC(=O)NC(O)C(OCCOCCOCCNC(=O)CCOCC(COCCC(=O)NCCOCCOCCOC1OC(CO)C(O)C(O)C1NC(C)=O)(COCCC(=O)NCCOCCOCCOC1OC(CO)C(O)C(O)C1NC(C)=O)NC(=O)CCOCCOCCOCCOCCN)OC(CO)C(C)O. The summed E-state index contributed by atoms with van der Waals surface area (Å²) in [6.45, 7) is 5.89. The molecule has 0 radical (unpaired) electrons. The molecule has 43 nitrogen and oxygen atoms in total. The van der Waals surface area contributed by atoms with Gasteiger partial charge in [0, 0.05) is 72.6 Å². The van der Waals surface area contributed by atoms with E-state index in [4.69, 9.17) is 95.7 Å². The van der Waals surface area contributed by atoms with E-state index in [1.165, 1.54) is 27.7 Å². The number of amides is 7. The van der Waals surface area contributed by atoms with Crippen LogP contribution in [0, 0.1) is 0 Å². The summed E-state index contributed by atoms with van der Waals surface area (Å²) in [5.74, 6) is -3.28. The Balaban J connectivity index is 2.01. The Morgan fingerprint density at radius 2 is 0.752 bits per heavy atom. The fourth-order valence-corrected chi connectivity index (χ4v) is 9.78. The van der Waals surface area contributed by atoms with Crippen LogP contribution >= 0.6 is 0 Å².